The van der Waals surface area contributed by atoms with Gasteiger partial charge in [0, 0.05) is 23.6 Å². The van der Waals surface area contributed by atoms with E-state index in [4.69, 9.17) is 9.47 Å². The van der Waals surface area contributed by atoms with Gasteiger partial charge in [-0.3, -0.25) is 9.59 Å². The number of benzene rings is 3. The van der Waals surface area contributed by atoms with Crippen molar-refractivity contribution in [1.29, 1.82) is 0 Å². The van der Waals surface area contributed by atoms with E-state index in [1.54, 1.807) is 55.6 Å². The molecule has 0 bridgehead atoms. The molecule has 0 radical (unpaired) electrons. The molecule has 0 heterocycles. The van der Waals surface area contributed by atoms with Crippen LogP contribution in [-0.4, -0.2) is 52.0 Å². The highest BCUT2D eigenvalue weighted by Crippen LogP contribution is 2.27. The fourth-order valence-corrected chi connectivity index (χ4v) is 3.34. The lowest BCUT2D eigenvalue weighted by Gasteiger charge is -2.19. The standard InChI is InChI=1S/C15H14O4.C13H12O4/c1-18-11-5-3-10(4-6-11)15(17)13-8-7-12(19-2)9-14(13)16;14-11-4-2-1-3-10(11)12(15)9-5-7-13(16,17)8-6-9/h3-9,16H,1-2H3;1-7,14,16-17H,8H2. The van der Waals surface area contributed by atoms with Crippen LogP contribution in [0.25, 0.3) is 0 Å². The summed E-state index contributed by atoms with van der Waals surface area (Å²) in [5.41, 5.74) is 1.27. The Bertz CT molecular complexity index is 1300. The smallest absolute Gasteiger partial charge is 0.196 e. The van der Waals surface area contributed by atoms with Gasteiger partial charge in [-0.15, -0.1) is 0 Å². The molecule has 186 valence electrons. The molecule has 4 N–H and O–H groups in total. The largest absolute Gasteiger partial charge is 0.507 e. The second-order valence-electron chi connectivity index (χ2n) is 7.86. The molecule has 1 aliphatic carbocycles. The van der Waals surface area contributed by atoms with Gasteiger partial charge in [0.25, 0.3) is 0 Å². The second kappa shape index (κ2) is 11.4. The Hall–Kier alpha value is -4.40. The van der Waals surface area contributed by atoms with Gasteiger partial charge in [0.2, 0.25) is 0 Å². The van der Waals surface area contributed by atoms with Gasteiger partial charge >= 0.3 is 0 Å². The van der Waals surface area contributed by atoms with E-state index in [1.165, 1.54) is 37.5 Å². The Balaban J connectivity index is 0.000000202. The average molecular weight is 491 g/mol. The van der Waals surface area contributed by atoms with Crippen molar-refractivity contribution < 1.29 is 39.5 Å². The van der Waals surface area contributed by atoms with Crippen molar-refractivity contribution in [3.8, 4) is 23.0 Å². The Morgan fingerprint density at radius 3 is 1.94 bits per heavy atom. The fraction of sp³-hybridized carbons (Fsp3) is 0.143. The van der Waals surface area contributed by atoms with E-state index in [0.717, 1.165) is 6.08 Å². The first kappa shape index (κ1) is 26.2. The normalized spacial score (nSPS) is 13.6. The molecule has 0 spiro atoms. The zero-order chi connectivity index (χ0) is 26.3. The van der Waals surface area contributed by atoms with Crippen molar-refractivity contribution in [2.24, 2.45) is 0 Å². The van der Waals surface area contributed by atoms with E-state index >= 15 is 0 Å². The molecule has 36 heavy (non-hydrogen) atoms. The molecule has 3 aromatic carbocycles. The predicted molar refractivity (Wildman–Crippen MR) is 133 cm³/mol. The number of carbonyl (C=O) groups excluding carboxylic acids is 2. The Labute approximate surface area is 208 Å². The van der Waals surface area contributed by atoms with Gasteiger partial charge < -0.3 is 29.9 Å². The molecule has 0 amide bonds. The second-order valence-corrected chi connectivity index (χ2v) is 7.86. The number of rotatable bonds is 6. The van der Waals surface area contributed by atoms with Crippen molar-refractivity contribution in [2.75, 3.05) is 14.2 Å². The number of hydrogen-bond acceptors (Lipinski definition) is 8. The van der Waals surface area contributed by atoms with Crippen molar-refractivity contribution >= 4 is 11.6 Å². The van der Waals surface area contributed by atoms with Crippen LogP contribution >= 0.6 is 0 Å². The lowest BCUT2D eigenvalue weighted by molar-refractivity contribution is -0.115. The summed E-state index contributed by atoms with van der Waals surface area (Å²) in [7, 11) is 3.06. The number of methoxy groups -OCH3 is 2. The van der Waals surface area contributed by atoms with Gasteiger partial charge in [0.15, 0.2) is 17.4 Å². The summed E-state index contributed by atoms with van der Waals surface area (Å²) >= 11 is 0. The molecule has 3 aromatic rings. The first-order valence-corrected chi connectivity index (χ1v) is 10.9. The molecule has 0 unspecified atom stereocenters. The van der Waals surface area contributed by atoms with Crippen molar-refractivity contribution in [3.05, 3.63) is 107 Å². The molecule has 0 atom stereocenters. The topological polar surface area (TPSA) is 134 Å². The van der Waals surface area contributed by atoms with Gasteiger partial charge in [-0.2, -0.15) is 0 Å². The molecule has 1 aliphatic rings. The predicted octanol–water partition coefficient (Wildman–Crippen LogP) is 3.78. The van der Waals surface area contributed by atoms with Gasteiger partial charge in [-0.25, -0.2) is 0 Å². The molecule has 4 rings (SSSR count). The molecule has 0 fully saturated rings. The number of carbonyl (C=O) groups is 2. The number of para-hydroxylation sites is 1. The number of hydrogen-bond donors (Lipinski definition) is 4. The number of allylic oxidation sites excluding steroid dienone is 2. The van der Waals surface area contributed by atoms with Gasteiger partial charge in [-0.05, 0) is 54.6 Å². The first-order valence-electron chi connectivity index (χ1n) is 10.9. The Morgan fingerprint density at radius 1 is 0.778 bits per heavy atom. The van der Waals surface area contributed by atoms with Gasteiger partial charge in [-0.1, -0.05) is 24.3 Å². The van der Waals surface area contributed by atoms with Crippen LogP contribution in [0.15, 0.2) is 90.5 Å². The number of ether oxygens (including phenoxy) is 2. The Kier molecular flexibility index (Phi) is 8.26. The molecule has 0 aliphatic heterocycles. The maximum absolute atomic E-state index is 12.2. The van der Waals surface area contributed by atoms with E-state index < -0.39 is 5.79 Å². The van der Waals surface area contributed by atoms with Crippen LogP contribution in [0.2, 0.25) is 0 Å². The van der Waals surface area contributed by atoms with Crippen molar-refractivity contribution in [3.63, 3.8) is 0 Å². The minimum atomic E-state index is -1.89. The van der Waals surface area contributed by atoms with Gasteiger partial charge in [0.05, 0.1) is 25.3 Å². The maximum Gasteiger partial charge on any atom is 0.196 e. The number of phenols is 2. The molecular weight excluding hydrogens is 464 g/mol. The lowest BCUT2D eigenvalue weighted by atomic mass is 9.95. The minimum Gasteiger partial charge on any atom is -0.507 e. The summed E-state index contributed by atoms with van der Waals surface area (Å²) in [4.78, 5) is 24.2. The zero-order valence-corrected chi connectivity index (χ0v) is 19.7. The molecule has 0 saturated heterocycles. The molecular formula is C28H26O8. The number of ketones is 2. The van der Waals surface area contributed by atoms with E-state index in [0.29, 0.717) is 22.6 Å². The summed E-state index contributed by atoms with van der Waals surface area (Å²) in [6.45, 7) is 0. The summed E-state index contributed by atoms with van der Waals surface area (Å²) < 4.78 is 10.0. The monoisotopic (exact) mass is 490 g/mol. The molecule has 8 nitrogen and oxygen atoms in total. The minimum absolute atomic E-state index is 0.0435. The number of Topliss-reactive ketones (excluding diaryl/α,β-unsaturated/α-hetero) is 1. The van der Waals surface area contributed by atoms with Crippen LogP contribution in [0.3, 0.4) is 0 Å². The third kappa shape index (κ3) is 6.38. The van der Waals surface area contributed by atoms with Crippen LogP contribution in [0.4, 0.5) is 0 Å². The quantitative estimate of drug-likeness (QED) is 0.303. The third-order valence-corrected chi connectivity index (χ3v) is 5.36. The van der Waals surface area contributed by atoms with E-state index in [9.17, 15) is 30.0 Å². The number of phenolic OH excluding ortho intramolecular Hbond substituents is 2. The van der Waals surface area contributed by atoms with Crippen LogP contribution in [-0.2, 0) is 0 Å². The number of aromatic hydroxyl groups is 2. The summed E-state index contributed by atoms with van der Waals surface area (Å²) in [5.74, 6) is -1.48. The summed E-state index contributed by atoms with van der Waals surface area (Å²) in [6.07, 6.45) is 3.89. The lowest BCUT2D eigenvalue weighted by Crippen LogP contribution is -2.26. The van der Waals surface area contributed by atoms with E-state index in [-0.39, 0.29) is 40.6 Å². The first-order chi connectivity index (χ1) is 17.1. The highest BCUT2D eigenvalue weighted by molar-refractivity contribution is 6.12. The van der Waals surface area contributed by atoms with Crippen LogP contribution in [0, 0.1) is 0 Å². The SMILES string of the molecule is COc1ccc(C(=O)c2ccc(OC)cc2O)cc1.O=C(C1=CCC(O)(O)C=C1)c1ccccc1O. The summed E-state index contributed by atoms with van der Waals surface area (Å²) in [5, 5.41) is 37.9. The van der Waals surface area contributed by atoms with Crippen LogP contribution in [0.5, 0.6) is 23.0 Å². The number of aliphatic hydroxyl groups is 2. The van der Waals surface area contributed by atoms with E-state index in [1.807, 2.05) is 0 Å². The van der Waals surface area contributed by atoms with E-state index in [2.05, 4.69) is 0 Å². The highest BCUT2D eigenvalue weighted by atomic mass is 16.5. The van der Waals surface area contributed by atoms with Crippen molar-refractivity contribution in [1.82, 2.24) is 0 Å². The molecule has 0 saturated carbocycles. The van der Waals surface area contributed by atoms with Crippen LogP contribution in [0.1, 0.15) is 32.7 Å². The Morgan fingerprint density at radius 2 is 1.39 bits per heavy atom. The zero-order valence-electron chi connectivity index (χ0n) is 19.7. The molecule has 8 heteroatoms. The highest BCUT2D eigenvalue weighted by Gasteiger charge is 2.24. The summed E-state index contributed by atoms with van der Waals surface area (Å²) in [6, 6.07) is 17.5. The molecule has 0 aromatic heterocycles. The van der Waals surface area contributed by atoms with Gasteiger partial charge in [0.1, 0.15) is 23.0 Å². The fourth-order valence-electron chi connectivity index (χ4n) is 3.34. The van der Waals surface area contributed by atoms with Crippen molar-refractivity contribution in [2.45, 2.75) is 12.2 Å². The van der Waals surface area contributed by atoms with Crippen LogP contribution < -0.4 is 9.47 Å². The maximum atomic E-state index is 12.2. The third-order valence-electron chi connectivity index (χ3n) is 5.36. The average Bonchev–Trinajstić information content (AvgIpc) is 2.88.